The van der Waals surface area contributed by atoms with Gasteiger partial charge in [-0.25, -0.2) is 14.8 Å². The number of benzene rings is 3. The van der Waals surface area contributed by atoms with Gasteiger partial charge in [-0.05, 0) is 56.2 Å². The highest BCUT2D eigenvalue weighted by molar-refractivity contribution is 5.94. The number of aromatic nitrogens is 2. The molecule has 0 spiro atoms. The van der Waals surface area contributed by atoms with Crippen LogP contribution in [0.3, 0.4) is 0 Å². The molecular weight excluding hydrogens is 476 g/mol. The zero-order valence-corrected chi connectivity index (χ0v) is 21.8. The zero-order chi connectivity index (χ0) is 26.8. The lowest BCUT2D eigenvalue weighted by Gasteiger charge is -2.37. The summed E-state index contributed by atoms with van der Waals surface area (Å²) in [5.74, 6) is -0.396. The third-order valence-electron chi connectivity index (χ3n) is 7.06. The van der Waals surface area contributed by atoms with E-state index in [1.54, 1.807) is 18.2 Å². The maximum atomic E-state index is 11.7. The first-order valence-electron chi connectivity index (χ1n) is 12.7. The fourth-order valence-electron chi connectivity index (χ4n) is 5.13. The summed E-state index contributed by atoms with van der Waals surface area (Å²) in [6.07, 6.45) is 0. The van der Waals surface area contributed by atoms with Crippen molar-refractivity contribution in [2.45, 2.75) is 26.8 Å². The number of fused-ring (bicyclic) bond motifs is 1. The van der Waals surface area contributed by atoms with Crippen molar-refractivity contribution in [3.63, 3.8) is 0 Å². The Bertz CT molecular complexity index is 1550. The van der Waals surface area contributed by atoms with E-state index >= 15 is 0 Å². The minimum absolute atomic E-state index is 0.210. The highest BCUT2D eigenvalue weighted by Crippen LogP contribution is 2.31. The smallest absolute Gasteiger partial charge is 0.337 e. The van der Waals surface area contributed by atoms with E-state index in [4.69, 9.17) is 9.97 Å². The molecule has 38 heavy (non-hydrogen) atoms. The molecule has 1 aliphatic heterocycles. The summed E-state index contributed by atoms with van der Waals surface area (Å²) in [6, 6.07) is 21.2. The summed E-state index contributed by atoms with van der Waals surface area (Å²) in [5, 5.41) is 22.9. The monoisotopic (exact) mass is 506 g/mol. The molecular formula is C30H30N6O2. The van der Waals surface area contributed by atoms with Crippen LogP contribution in [0.15, 0.2) is 60.7 Å². The Morgan fingerprint density at radius 2 is 1.68 bits per heavy atom. The second-order valence-electron chi connectivity index (χ2n) is 9.71. The van der Waals surface area contributed by atoms with Gasteiger partial charge < -0.3 is 20.2 Å². The Balaban J connectivity index is 1.48. The summed E-state index contributed by atoms with van der Waals surface area (Å²) in [5.41, 5.74) is 6.79. The van der Waals surface area contributed by atoms with Gasteiger partial charge in [-0.2, -0.15) is 5.26 Å². The highest BCUT2D eigenvalue weighted by Gasteiger charge is 2.24. The lowest BCUT2D eigenvalue weighted by atomic mass is 10.0. The number of hydrogen-bond acceptors (Lipinski definition) is 7. The highest BCUT2D eigenvalue weighted by atomic mass is 16.4. The number of para-hydroxylation sites is 2. The molecule has 0 unspecified atom stereocenters. The fourth-order valence-corrected chi connectivity index (χ4v) is 5.13. The molecule has 0 amide bonds. The molecule has 2 N–H and O–H groups in total. The van der Waals surface area contributed by atoms with E-state index in [0.717, 1.165) is 37.3 Å². The number of nitriles is 1. The molecule has 1 atom stereocenters. The summed E-state index contributed by atoms with van der Waals surface area (Å²) in [4.78, 5) is 26.0. The number of carbonyl (C=O) groups is 1. The van der Waals surface area contributed by atoms with Crippen molar-refractivity contribution in [3.05, 3.63) is 88.6 Å². The topological polar surface area (TPSA) is 105 Å². The Kier molecular flexibility index (Phi) is 6.84. The molecule has 0 aliphatic carbocycles. The van der Waals surface area contributed by atoms with Crippen molar-refractivity contribution in [2.75, 3.05) is 41.3 Å². The van der Waals surface area contributed by atoms with Crippen LogP contribution in [0.2, 0.25) is 0 Å². The zero-order valence-electron chi connectivity index (χ0n) is 21.8. The number of nitrogens with zero attached hydrogens (tertiary/aromatic N) is 5. The molecule has 4 aromatic rings. The van der Waals surface area contributed by atoms with E-state index in [9.17, 15) is 15.2 Å². The minimum Gasteiger partial charge on any atom is -0.478 e. The minimum atomic E-state index is -0.986. The second-order valence-corrected chi connectivity index (χ2v) is 9.71. The number of piperazine rings is 1. The number of carboxylic acid groups (broad SMARTS) is 1. The van der Waals surface area contributed by atoms with Gasteiger partial charge >= 0.3 is 5.97 Å². The van der Waals surface area contributed by atoms with Gasteiger partial charge in [0.05, 0.1) is 22.6 Å². The van der Waals surface area contributed by atoms with Gasteiger partial charge in [0.25, 0.3) is 0 Å². The SMILES string of the molecule is Cc1cc([C@@H](C)Nc2ccccc2C(=O)O)c2nc(N3CCN(c4ccccc4C)CC3)c(C#N)nc2c1. The number of rotatable bonds is 6. The number of carboxylic acids is 1. The van der Waals surface area contributed by atoms with Crippen LogP contribution < -0.4 is 15.1 Å². The van der Waals surface area contributed by atoms with Crippen molar-refractivity contribution < 1.29 is 9.90 Å². The molecule has 8 nitrogen and oxygen atoms in total. The Morgan fingerprint density at radius 3 is 2.39 bits per heavy atom. The van der Waals surface area contributed by atoms with Crippen molar-refractivity contribution >= 4 is 34.2 Å². The van der Waals surface area contributed by atoms with Crippen LogP contribution in [0.4, 0.5) is 17.2 Å². The van der Waals surface area contributed by atoms with Crippen molar-refractivity contribution in [1.29, 1.82) is 5.26 Å². The average molecular weight is 507 g/mol. The predicted octanol–water partition coefficient (Wildman–Crippen LogP) is 5.32. The van der Waals surface area contributed by atoms with E-state index in [1.165, 1.54) is 11.3 Å². The van der Waals surface area contributed by atoms with E-state index in [2.05, 4.69) is 46.3 Å². The van der Waals surface area contributed by atoms with Crippen molar-refractivity contribution in [1.82, 2.24) is 9.97 Å². The lowest BCUT2D eigenvalue weighted by Crippen LogP contribution is -2.47. The number of hydrogen-bond donors (Lipinski definition) is 2. The molecule has 0 radical (unpaired) electrons. The van der Waals surface area contributed by atoms with Gasteiger partial charge in [0, 0.05) is 43.1 Å². The molecule has 1 aromatic heterocycles. The third kappa shape index (κ3) is 4.83. The largest absolute Gasteiger partial charge is 0.478 e. The molecule has 0 saturated carbocycles. The van der Waals surface area contributed by atoms with E-state index in [-0.39, 0.29) is 11.6 Å². The maximum absolute atomic E-state index is 11.7. The predicted molar refractivity (Wildman–Crippen MR) is 150 cm³/mol. The van der Waals surface area contributed by atoms with E-state index < -0.39 is 5.97 Å². The first kappa shape index (κ1) is 25.0. The van der Waals surface area contributed by atoms with E-state index in [0.29, 0.717) is 28.2 Å². The summed E-state index contributed by atoms with van der Waals surface area (Å²) < 4.78 is 0. The first-order valence-corrected chi connectivity index (χ1v) is 12.7. The molecule has 1 saturated heterocycles. The summed E-state index contributed by atoms with van der Waals surface area (Å²) >= 11 is 0. The van der Waals surface area contributed by atoms with Crippen LogP contribution in [0.1, 0.15) is 45.7 Å². The molecule has 192 valence electrons. The van der Waals surface area contributed by atoms with Gasteiger partial charge in [0.2, 0.25) is 0 Å². The van der Waals surface area contributed by atoms with Crippen LogP contribution in [0.25, 0.3) is 11.0 Å². The van der Waals surface area contributed by atoms with Gasteiger partial charge in [0.15, 0.2) is 11.5 Å². The number of anilines is 3. The quantitative estimate of drug-likeness (QED) is 0.362. The third-order valence-corrected chi connectivity index (χ3v) is 7.06. The van der Waals surface area contributed by atoms with E-state index in [1.807, 2.05) is 38.1 Å². The van der Waals surface area contributed by atoms with Gasteiger partial charge in [0.1, 0.15) is 6.07 Å². The average Bonchev–Trinajstić information content (AvgIpc) is 2.92. The Morgan fingerprint density at radius 1 is 1.00 bits per heavy atom. The van der Waals surface area contributed by atoms with Gasteiger partial charge in [-0.3, -0.25) is 0 Å². The molecule has 8 heteroatoms. The van der Waals surface area contributed by atoms with Crippen LogP contribution in [-0.2, 0) is 0 Å². The number of aryl methyl sites for hydroxylation is 2. The molecule has 0 bridgehead atoms. The molecule has 3 aromatic carbocycles. The van der Waals surface area contributed by atoms with Crippen LogP contribution >= 0.6 is 0 Å². The molecule has 1 aliphatic rings. The fraction of sp³-hybridized carbons (Fsp3) is 0.267. The lowest BCUT2D eigenvalue weighted by molar-refractivity contribution is 0.0698. The van der Waals surface area contributed by atoms with Crippen molar-refractivity contribution in [3.8, 4) is 6.07 Å². The molecule has 5 rings (SSSR count). The van der Waals surface area contributed by atoms with Gasteiger partial charge in [-0.1, -0.05) is 36.4 Å². The van der Waals surface area contributed by atoms with Crippen molar-refractivity contribution in [2.24, 2.45) is 0 Å². The van der Waals surface area contributed by atoms with Gasteiger partial charge in [-0.15, -0.1) is 0 Å². The molecule has 2 heterocycles. The van der Waals surface area contributed by atoms with Crippen LogP contribution in [-0.4, -0.2) is 47.2 Å². The number of aromatic carboxylic acids is 1. The summed E-state index contributed by atoms with van der Waals surface area (Å²) in [7, 11) is 0. The number of nitrogens with one attached hydrogen (secondary N) is 1. The first-order chi connectivity index (χ1) is 18.4. The Labute approximate surface area is 222 Å². The van der Waals surface area contributed by atoms with Crippen LogP contribution in [0.5, 0.6) is 0 Å². The second kappa shape index (κ2) is 10.4. The maximum Gasteiger partial charge on any atom is 0.337 e. The van der Waals surface area contributed by atoms with Crippen LogP contribution in [0, 0.1) is 25.2 Å². The standard InChI is InChI=1S/C30H30N6O2/c1-19-16-23(21(3)32-24-10-6-5-9-22(24)30(37)38)28-25(17-19)33-26(18-31)29(34-28)36-14-12-35(13-15-36)27-11-7-4-8-20(27)2/h4-11,16-17,21,32H,12-15H2,1-3H3,(H,37,38)/t21-/m1/s1. The molecule has 1 fully saturated rings. The summed E-state index contributed by atoms with van der Waals surface area (Å²) in [6.45, 7) is 9.17. The normalized spacial score (nSPS) is 14.3. The Hall–Kier alpha value is -4.64.